The fourth-order valence-electron chi connectivity index (χ4n) is 3.86. The SMILES string of the molecule is COC(Cl)(C(=O)[O-])C(C)/C=C/Cc1c(CO)c(C)c2c(c1OC(=O)c1ccccc1)C(=O)OC2. The van der Waals surface area contributed by atoms with Crippen LogP contribution in [0.5, 0.6) is 5.75 Å². The molecule has 180 valence electrons. The monoisotopic (exact) mass is 487 g/mol. The highest BCUT2D eigenvalue weighted by molar-refractivity contribution is 6.32. The van der Waals surface area contributed by atoms with E-state index < -0.39 is 28.9 Å². The standard InChI is InChI=1S/C25H25ClO8/c1-14(25(26,32-3)24(30)31)8-7-11-17-18(12-27)15(2)19-13-33-23(29)20(19)21(17)34-22(28)16-9-5-4-6-10-16/h4-10,14,27H,11-13H2,1-3H3,(H,30,31)/p-1/b8-7+. The van der Waals surface area contributed by atoms with Crippen LogP contribution in [0.25, 0.3) is 0 Å². The summed E-state index contributed by atoms with van der Waals surface area (Å²) in [5.74, 6) is -3.68. The number of carbonyl (C=O) groups excluding carboxylic acids is 3. The second-order valence-corrected chi connectivity index (χ2v) is 8.37. The molecule has 2 atom stereocenters. The molecule has 0 spiro atoms. The molecule has 34 heavy (non-hydrogen) atoms. The first-order chi connectivity index (χ1) is 16.2. The van der Waals surface area contributed by atoms with Crippen molar-refractivity contribution in [3.8, 4) is 5.75 Å². The lowest BCUT2D eigenvalue weighted by Crippen LogP contribution is -2.49. The number of ether oxygens (including phenoxy) is 3. The van der Waals surface area contributed by atoms with Crippen molar-refractivity contribution >= 4 is 29.5 Å². The summed E-state index contributed by atoms with van der Waals surface area (Å²) in [6, 6.07) is 8.27. The number of fused-ring (bicyclic) bond motifs is 1. The lowest BCUT2D eigenvalue weighted by molar-refractivity contribution is -0.321. The van der Waals surface area contributed by atoms with Gasteiger partial charge in [0.05, 0.1) is 18.1 Å². The summed E-state index contributed by atoms with van der Waals surface area (Å²) in [6.45, 7) is 2.91. The molecule has 8 nitrogen and oxygen atoms in total. The van der Waals surface area contributed by atoms with Crippen LogP contribution in [0.3, 0.4) is 0 Å². The van der Waals surface area contributed by atoms with Gasteiger partial charge in [0.15, 0.2) is 5.06 Å². The molecule has 0 saturated heterocycles. The van der Waals surface area contributed by atoms with Crippen LogP contribution in [0, 0.1) is 12.8 Å². The third-order valence-electron chi connectivity index (χ3n) is 5.89. The third kappa shape index (κ3) is 4.70. The zero-order valence-electron chi connectivity index (χ0n) is 18.9. The van der Waals surface area contributed by atoms with Gasteiger partial charge in [-0.1, -0.05) is 48.9 Å². The highest BCUT2D eigenvalue weighted by atomic mass is 35.5. The molecule has 2 unspecified atom stereocenters. The van der Waals surface area contributed by atoms with Gasteiger partial charge in [-0.25, -0.2) is 9.59 Å². The Labute approximate surface area is 201 Å². The highest BCUT2D eigenvalue weighted by Crippen LogP contribution is 2.39. The topological polar surface area (TPSA) is 122 Å². The highest BCUT2D eigenvalue weighted by Gasteiger charge is 2.35. The molecule has 0 amide bonds. The van der Waals surface area contributed by atoms with Crippen LogP contribution in [-0.4, -0.2) is 35.2 Å². The Morgan fingerprint density at radius 3 is 2.56 bits per heavy atom. The van der Waals surface area contributed by atoms with Crippen LogP contribution in [-0.2, 0) is 33.9 Å². The number of methoxy groups -OCH3 is 1. The molecular weight excluding hydrogens is 464 g/mol. The summed E-state index contributed by atoms with van der Waals surface area (Å²) in [4.78, 5) is 36.8. The summed E-state index contributed by atoms with van der Waals surface area (Å²) in [6.07, 6.45) is 3.21. The average Bonchev–Trinajstić information content (AvgIpc) is 3.22. The number of rotatable bonds is 9. The van der Waals surface area contributed by atoms with Crippen LogP contribution in [0.4, 0.5) is 0 Å². The quantitative estimate of drug-likeness (QED) is 0.248. The second kappa shape index (κ2) is 10.4. The van der Waals surface area contributed by atoms with E-state index in [4.69, 9.17) is 25.8 Å². The largest absolute Gasteiger partial charge is 0.546 e. The zero-order valence-corrected chi connectivity index (χ0v) is 19.7. The van der Waals surface area contributed by atoms with Gasteiger partial charge in [-0.2, -0.15) is 0 Å². The van der Waals surface area contributed by atoms with Gasteiger partial charge in [0.2, 0.25) is 0 Å². The van der Waals surface area contributed by atoms with Gasteiger partial charge in [-0.15, -0.1) is 0 Å². The number of aliphatic hydroxyl groups excluding tert-OH is 1. The smallest absolute Gasteiger partial charge is 0.343 e. The first-order valence-corrected chi connectivity index (χ1v) is 10.9. The van der Waals surface area contributed by atoms with Crippen LogP contribution < -0.4 is 9.84 Å². The van der Waals surface area contributed by atoms with Crippen LogP contribution in [0.15, 0.2) is 42.5 Å². The number of alkyl halides is 1. The lowest BCUT2D eigenvalue weighted by atomic mass is 9.90. The fourth-order valence-corrected chi connectivity index (χ4v) is 3.94. The van der Waals surface area contributed by atoms with Crippen molar-refractivity contribution in [2.75, 3.05) is 7.11 Å². The summed E-state index contributed by atoms with van der Waals surface area (Å²) in [5, 5.41) is 19.4. The molecule has 0 radical (unpaired) electrons. The minimum Gasteiger partial charge on any atom is -0.546 e. The first kappa shape index (κ1) is 25.4. The van der Waals surface area contributed by atoms with Crippen molar-refractivity contribution in [1.82, 2.24) is 0 Å². The lowest BCUT2D eigenvalue weighted by Gasteiger charge is -2.30. The number of cyclic esters (lactones) is 1. The predicted octanol–water partition coefficient (Wildman–Crippen LogP) is 2.44. The number of halogens is 1. The molecular formula is C25H24ClO8-. The number of aliphatic hydroxyl groups is 1. The Morgan fingerprint density at radius 2 is 1.97 bits per heavy atom. The molecule has 1 aliphatic heterocycles. The Balaban J connectivity index is 2.06. The van der Waals surface area contributed by atoms with E-state index >= 15 is 0 Å². The minimum atomic E-state index is -2.07. The molecule has 1 aliphatic rings. The van der Waals surface area contributed by atoms with E-state index in [2.05, 4.69) is 0 Å². The molecule has 0 bridgehead atoms. The summed E-state index contributed by atoms with van der Waals surface area (Å²) in [7, 11) is 1.16. The first-order valence-electron chi connectivity index (χ1n) is 10.5. The van der Waals surface area contributed by atoms with Crippen molar-refractivity contribution in [2.24, 2.45) is 5.92 Å². The van der Waals surface area contributed by atoms with Crippen molar-refractivity contribution in [3.05, 3.63) is 75.9 Å². The Morgan fingerprint density at radius 1 is 1.29 bits per heavy atom. The van der Waals surface area contributed by atoms with Crippen molar-refractivity contribution in [1.29, 1.82) is 0 Å². The number of benzene rings is 2. The Hall–Kier alpha value is -3.20. The number of aliphatic carboxylic acids is 1. The van der Waals surface area contributed by atoms with E-state index in [0.717, 1.165) is 7.11 Å². The van der Waals surface area contributed by atoms with Crippen molar-refractivity contribution in [3.63, 3.8) is 0 Å². The maximum absolute atomic E-state index is 12.8. The zero-order chi connectivity index (χ0) is 25.0. The molecule has 1 heterocycles. The minimum absolute atomic E-state index is 0.00193. The molecule has 2 aromatic rings. The van der Waals surface area contributed by atoms with E-state index in [0.29, 0.717) is 22.3 Å². The van der Waals surface area contributed by atoms with Crippen LogP contribution in [0.1, 0.15) is 49.9 Å². The summed E-state index contributed by atoms with van der Waals surface area (Å²) < 4.78 is 15.8. The van der Waals surface area contributed by atoms with Crippen molar-refractivity contribution < 1.29 is 38.8 Å². The molecule has 0 saturated carbocycles. The Bertz CT molecular complexity index is 1140. The Kier molecular flexibility index (Phi) is 7.76. The normalized spacial score (nSPS) is 15.5. The van der Waals surface area contributed by atoms with Gasteiger partial charge in [0.1, 0.15) is 17.9 Å². The number of carboxylic acids is 1. The fraction of sp³-hybridized carbons (Fsp3) is 0.320. The van der Waals surface area contributed by atoms with E-state index in [1.165, 1.54) is 13.0 Å². The van der Waals surface area contributed by atoms with Gasteiger partial charge < -0.3 is 29.2 Å². The van der Waals surface area contributed by atoms with Gasteiger partial charge in [0, 0.05) is 24.2 Å². The number of carbonyl (C=O) groups is 3. The van der Waals surface area contributed by atoms with E-state index in [1.54, 1.807) is 43.3 Å². The van der Waals surface area contributed by atoms with E-state index in [-0.39, 0.29) is 36.5 Å². The summed E-state index contributed by atoms with van der Waals surface area (Å²) >= 11 is 6.03. The molecule has 0 fully saturated rings. The maximum Gasteiger partial charge on any atom is 0.343 e. The second-order valence-electron chi connectivity index (χ2n) is 7.81. The maximum atomic E-state index is 12.8. The number of hydrogen-bond donors (Lipinski definition) is 1. The molecule has 0 aliphatic carbocycles. The van der Waals surface area contributed by atoms with Crippen LogP contribution >= 0.6 is 11.6 Å². The summed E-state index contributed by atoms with van der Waals surface area (Å²) in [5.41, 5.74) is 2.49. The van der Waals surface area contributed by atoms with Gasteiger partial charge in [0.25, 0.3) is 0 Å². The molecule has 1 N–H and O–H groups in total. The van der Waals surface area contributed by atoms with Gasteiger partial charge >= 0.3 is 11.9 Å². The van der Waals surface area contributed by atoms with E-state index in [9.17, 15) is 24.6 Å². The number of allylic oxidation sites excluding steroid dienone is 1. The third-order valence-corrected chi connectivity index (χ3v) is 6.55. The average molecular weight is 488 g/mol. The van der Waals surface area contributed by atoms with E-state index in [1.807, 2.05) is 0 Å². The molecule has 2 aromatic carbocycles. The molecule has 0 aromatic heterocycles. The van der Waals surface area contributed by atoms with Crippen molar-refractivity contribution in [2.45, 2.75) is 38.5 Å². The molecule has 9 heteroatoms. The number of hydrogen-bond acceptors (Lipinski definition) is 8. The number of carboxylic acid groups (broad SMARTS) is 1. The van der Waals surface area contributed by atoms with Crippen LogP contribution in [0.2, 0.25) is 0 Å². The van der Waals surface area contributed by atoms with Gasteiger partial charge in [-0.3, -0.25) is 0 Å². The van der Waals surface area contributed by atoms with Gasteiger partial charge in [-0.05, 0) is 36.6 Å². The predicted molar refractivity (Wildman–Crippen MR) is 120 cm³/mol. The number of esters is 2. The molecule has 3 rings (SSSR count).